The number of carbonyl (C=O) groups is 2. The maximum Gasteiger partial charge on any atom is 0.306 e. The fourth-order valence-electron chi connectivity index (χ4n) is 9.22. The smallest absolute Gasteiger partial charge is 0.306 e. The first-order valence-electron chi connectivity index (χ1n) is 14.2. The van der Waals surface area contributed by atoms with Gasteiger partial charge in [0.15, 0.2) is 0 Å². The lowest BCUT2D eigenvalue weighted by molar-refractivity contribution is -0.165. The summed E-state index contributed by atoms with van der Waals surface area (Å²) >= 11 is 0. The largest absolute Gasteiger partial charge is 0.481 e. The third-order valence-corrected chi connectivity index (χ3v) is 11.3. The van der Waals surface area contributed by atoms with Crippen LogP contribution in [-0.2, 0) is 14.3 Å². The van der Waals surface area contributed by atoms with Gasteiger partial charge < -0.3 is 14.9 Å². The standard InChI is InChI=1S/C32H48O5/c1-19(2)10-9-11-21(28(35)36)27-24(34)18-32(8)23-12-13-25-29(4,5)26(37-20(3)33)15-16-30(25,6)22(23)14-17-31(27,32)7/h10,12,14,21,24-27,34H,9,11,13,15-18H2,1-8H3,(H,35,36)/t21-,24-,25+,26+,27+,30-,31-,32+/m0/s1. The van der Waals surface area contributed by atoms with Gasteiger partial charge >= 0.3 is 11.9 Å². The zero-order chi connectivity index (χ0) is 27.6. The van der Waals surface area contributed by atoms with Crippen molar-refractivity contribution >= 4 is 11.9 Å². The summed E-state index contributed by atoms with van der Waals surface area (Å²) in [4.78, 5) is 24.4. The van der Waals surface area contributed by atoms with Gasteiger partial charge in [0, 0.05) is 23.7 Å². The van der Waals surface area contributed by atoms with E-state index in [-0.39, 0.29) is 39.7 Å². The molecule has 0 saturated heterocycles. The molecule has 0 heterocycles. The lowest BCUT2D eigenvalue weighted by atomic mass is 9.44. The first-order valence-corrected chi connectivity index (χ1v) is 14.2. The topological polar surface area (TPSA) is 83.8 Å². The van der Waals surface area contributed by atoms with Crippen LogP contribution < -0.4 is 0 Å². The minimum absolute atomic E-state index is 0.0345. The molecule has 2 saturated carbocycles. The van der Waals surface area contributed by atoms with Crippen LogP contribution in [0.25, 0.3) is 0 Å². The van der Waals surface area contributed by atoms with E-state index in [4.69, 9.17) is 4.74 Å². The molecule has 37 heavy (non-hydrogen) atoms. The van der Waals surface area contributed by atoms with Crippen LogP contribution in [0, 0.1) is 39.4 Å². The Bertz CT molecular complexity index is 1050. The third-order valence-electron chi connectivity index (χ3n) is 11.3. The van der Waals surface area contributed by atoms with Crippen LogP contribution in [0.5, 0.6) is 0 Å². The molecule has 0 bridgehead atoms. The molecule has 0 aromatic heterocycles. The van der Waals surface area contributed by atoms with Crippen molar-refractivity contribution < 1.29 is 24.5 Å². The van der Waals surface area contributed by atoms with Gasteiger partial charge in [-0.05, 0) is 86.7 Å². The predicted octanol–water partition coefficient (Wildman–Crippen LogP) is 6.86. The second-order valence-electron chi connectivity index (χ2n) is 14.0. The second-order valence-corrected chi connectivity index (χ2v) is 14.0. The van der Waals surface area contributed by atoms with Gasteiger partial charge in [0.05, 0.1) is 12.0 Å². The number of allylic oxidation sites excluding steroid dienone is 6. The van der Waals surface area contributed by atoms with Gasteiger partial charge in [-0.15, -0.1) is 0 Å². The Morgan fingerprint density at radius 1 is 1.11 bits per heavy atom. The minimum Gasteiger partial charge on any atom is -0.481 e. The lowest BCUT2D eigenvalue weighted by Gasteiger charge is -2.61. The van der Waals surface area contributed by atoms with Crippen LogP contribution in [0.2, 0.25) is 0 Å². The Morgan fingerprint density at radius 3 is 2.38 bits per heavy atom. The lowest BCUT2D eigenvalue weighted by Crippen LogP contribution is -2.55. The summed E-state index contributed by atoms with van der Waals surface area (Å²) in [6, 6.07) is 0. The highest BCUT2D eigenvalue weighted by Gasteiger charge is 2.66. The van der Waals surface area contributed by atoms with E-state index < -0.39 is 18.0 Å². The molecule has 0 aliphatic heterocycles. The Hall–Kier alpha value is -1.88. The number of esters is 1. The zero-order valence-corrected chi connectivity index (χ0v) is 24.2. The van der Waals surface area contributed by atoms with Crippen molar-refractivity contribution in [3.05, 3.63) is 34.9 Å². The molecule has 4 rings (SSSR count). The first kappa shape index (κ1) is 28.1. The SMILES string of the molecule is CC(=O)O[C@@H]1CC[C@@]2(C)C3=CC[C@@]4(C)[C@H]([C@H](CCC=C(C)C)C(=O)O)[C@@H](O)C[C@]4(C)C3=CC[C@@H]2C1(C)C. The minimum atomic E-state index is -0.790. The van der Waals surface area contributed by atoms with Crippen molar-refractivity contribution in [3.63, 3.8) is 0 Å². The van der Waals surface area contributed by atoms with E-state index in [2.05, 4.69) is 52.8 Å². The van der Waals surface area contributed by atoms with E-state index in [0.717, 1.165) is 32.1 Å². The van der Waals surface area contributed by atoms with Crippen LogP contribution in [-0.4, -0.2) is 34.4 Å². The van der Waals surface area contributed by atoms with Gasteiger partial charge in [0.2, 0.25) is 0 Å². The molecule has 0 aromatic rings. The van der Waals surface area contributed by atoms with E-state index in [0.29, 0.717) is 18.8 Å². The Kier molecular flexibility index (Phi) is 7.14. The van der Waals surface area contributed by atoms with Crippen LogP contribution in [0.3, 0.4) is 0 Å². The fraction of sp³-hybridized carbons (Fsp3) is 0.750. The number of aliphatic carboxylic acids is 1. The van der Waals surface area contributed by atoms with Crippen molar-refractivity contribution in [2.45, 2.75) is 113 Å². The highest BCUT2D eigenvalue weighted by molar-refractivity contribution is 5.71. The van der Waals surface area contributed by atoms with Crippen molar-refractivity contribution in [3.8, 4) is 0 Å². The average Bonchev–Trinajstić information content (AvgIpc) is 2.98. The molecular weight excluding hydrogens is 464 g/mol. The van der Waals surface area contributed by atoms with Gasteiger partial charge in [-0.2, -0.15) is 0 Å². The van der Waals surface area contributed by atoms with Gasteiger partial charge in [-0.25, -0.2) is 0 Å². The van der Waals surface area contributed by atoms with Gasteiger partial charge in [0.1, 0.15) is 6.10 Å². The number of hydrogen-bond donors (Lipinski definition) is 2. The summed E-state index contributed by atoms with van der Waals surface area (Å²) in [5.74, 6) is -1.52. The monoisotopic (exact) mass is 512 g/mol. The molecule has 4 aliphatic rings. The number of carbonyl (C=O) groups excluding carboxylic acids is 1. The summed E-state index contributed by atoms with van der Waals surface area (Å²) < 4.78 is 5.79. The van der Waals surface area contributed by atoms with Gasteiger partial charge in [-0.3, -0.25) is 9.59 Å². The van der Waals surface area contributed by atoms with E-state index in [1.807, 2.05) is 13.8 Å². The molecule has 4 aliphatic carbocycles. The number of ether oxygens (including phenoxy) is 1. The predicted molar refractivity (Wildman–Crippen MR) is 146 cm³/mol. The van der Waals surface area contributed by atoms with E-state index in [1.54, 1.807) is 0 Å². The molecule has 0 amide bonds. The van der Waals surface area contributed by atoms with Crippen LogP contribution >= 0.6 is 0 Å². The first-order chi connectivity index (χ1) is 17.1. The van der Waals surface area contributed by atoms with E-state index in [1.165, 1.54) is 23.6 Å². The molecule has 206 valence electrons. The molecule has 0 unspecified atom stereocenters. The second kappa shape index (κ2) is 9.39. The number of carboxylic acid groups (broad SMARTS) is 1. The fourth-order valence-corrected chi connectivity index (χ4v) is 9.22. The van der Waals surface area contributed by atoms with Crippen molar-refractivity contribution in [1.82, 2.24) is 0 Å². The zero-order valence-electron chi connectivity index (χ0n) is 24.2. The molecule has 2 N–H and O–H groups in total. The number of fused-ring (bicyclic) bond motifs is 5. The summed E-state index contributed by atoms with van der Waals surface area (Å²) in [6.07, 6.45) is 11.5. The van der Waals surface area contributed by atoms with Crippen molar-refractivity contribution in [1.29, 1.82) is 0 Å². The number of aliphatic hydroxyl groups is 1. The molecule has 8 atom stereocenters. The normalized spacial score (nSPS) is 40.8. The van der Waals surface area contributed by atoms with Crippen LogP contribution in [0.1, 0.15) is 100 Å². The molecular formula is C32H48O5. The van der Waals surface area contributed by atoms with Crippen molar-refractivity contribution in [2.75, 3.05) is 0 Å². The molecule has 2 fully saturated rings. The van der Waals surface area contributed by atoms with Crippen molar-refractivity contribution in [2.24, 2.45) is 39.4 Å². The Labute approximate surface area is 223 Å². The molecule has 0 aromatic carbocycles. The maximum absolute atomic E-state index is 12.5. The maximum atomic E-state index is 12.5. The van der Waals surface area contributed by atoms with Crippen LogP contribution in [0.15, 0.2) is 34.9 Å². The summed E-state index contributed by atoms with van der Waals surface area (Å²) in [5.41, 5.74) is 3.12. The molecule has 5 heteroatoms. The highest BCUT2D eigenvalue weighted by atomic mass is 16.5. The average molecular weight is 513 g/mol. The van der Waals surface area contributed by atoms with Gasteiger partial charge in [0.25, 0.3) is 0 Å². The van der Waals surface area contributed by atoms with Crippen LogP contribution in [0.4, 0.5) is 0 Å². The number of aliphatic hydroxyl groups excluding tert-OH is 1. The number of carboxylic acids is 1. The molecule has 0 radical (unpaired) electrons. The Balaban J connectivity index is 1.71. The third kappa shape index (κ3) is 4.24. The Morgan fingerprint density at radius 2 is 1.78 bits per heavy atom. The summed E-state index contributed by atoms with van der Waals surface area (Å²) in [7, 11) is 0. The molecule has 5 nitrogen and oxygen atoms in total. The van der Waals surface area contributed by atoms with Gasteiger partial charge in [-0.1, -0.05) is 58.4 Å². The summed E-state index contributed by atoms with van der Waals surface area (Å²) in [6.45, 7) is 17.0. The molecule has 0 spiro atoms. The number of hydrogen-bond acceptors (Lipinski definition) is 4. The highest BCUT2D eigenvalue weighted by Crippen LogP contribution is 2.71. The van der Waals surface area contributed by atoms with E-state index in [9.17, 15) is 19.8 Å². The summed E-state index contributed by atoms with van der Waals surface area (Å²) in [5, 5.41) is 21.8. The van der Waals surface area contributed by atoms with E-state index >= 15 is 0 Å². The quantitative estimate of drug-likeness (QED) is 0.300. The number of rotatable bonds is 6.